The summed E-state index contributed by atoms with van der Waals surface area (Å²) < 4.78 is 11.0. The highest BCUT2D eigenvalue weighted by atomic mass is 16.5. The molecule has 0 heterocycles. The van der Waals surface area contributed by atoms with Crippen molar-refractivity contribution in [2.75, 3.05) is 26.9 Å². The predicted molar refractivity (Wildman–Crippen MR) is 79.7 cm³/mol. The molecule has 0 amide bonds. The predicted octanol–water partition coefficient (Wildman–Crippen LogP) is 3.41. The van der Waals surface area contributed by atoms with Crippen LogP contribution in [0.1, 0.15) is 38.8 Å². The molecule has 0 unspecified atom stereocenters. The van der Waals surface area contributed by atoms with Crippen molar-refractivity contribution in [2.45, 2.75) is 33.2 Å². The molecule has 0 saturated carbocycles. The van der Waals surface area contributed by atoms with E-state index in [1.165, 1.54) is 5.56 Å². The van der Waals surface area contributed by atoms with Crippen LogP contribution in [0.25, 0.3) is 0 Å². The highest BCUT2D eigenvalue weighted by Crippen LogP contribution is 2.23. The molecule has 0 aromatic heterocycles. The van der Waals surface area contributed by atoms with Crippen LogP contribution >= 0.6 is 0 Å². The lowest BCUT2D eigenvalue weighted by Gasteiger charge is -2.17. The molecule has 19 heavy (non-hydrogen) atoms. The molecule has 0 radical (unpaired) electrons. The largest absolute Gasteiger partial charge is 0.496 e. The van der Waals surface area contributed by atoms with Gasteiger partial charge in [-0.3, -0.25) is 0 Å². The van der Waals surface area contributed by atoms with E-state index in [0.717, 1.165) is 31.9 Å². The van der Waals surface area contributed by atoms with E-state index in [-0.39, 0.29) is 6.04 Å². The van der Waals surface area contributed by atoms with Gasteiger partial charge in [-0.05, 0) is 25.3 Å². The molecule has 1 atom stereocenters. The molecule has 0 bridgehead atoms. The average molecular weight is 265 g/mol. The summed E-state index contributed by atoms with van der Waals surface area (Å²) in [6.07, 6.45) is 1.13. The molecule has 3 heteroatoms. The fourth-order valence-electron chi connectivity index (χ4n) is 1.90. The highest BCUT2D eigenvalue weighted by molar-refractivity contribution is 5.35. The van der Waals surface area contributed by atoms with E-state index in [2.05, 4.69) is 32.2 Å². The van der Waals surface area contributed by atoms with Crippen molar-refractivity contribution in [1.82, 2.24) is 5.32 Å². The average Bonchev–Trinajstić information content (AvgIpc) is 2.42. The highest BCUT2D eigenvalue weighted by Gasteiger charge is 2.09. The Morgan fingerprint density at radius 2 is 1.84 bits per heavy atom. The van der Waals surface area contributed by atoms with Gasteiger partial charge in [-0.15, -0.1) is 0 Å². The van der Waals surface area contributed by atoms with Crippen molar-refractivity contribution in [1.29, 1.82) is 0 Å². The Balaban J connectivity index is 2.25. The molecule has 3 nitrogen and oxygen atoms in total. The summed E-state index contributed by atoms with van der Waals surface area (Å²) in [5.74, 6) is 1.64. The summed E-state index contributed by atoms with van der Waals surface area (Å²) >= 11 is 0. The zero-order valence-electron chi connectivity index (χ0n) is 12.6. The van der Waals surface area contributed by atoms with Gasteiger partial charge in [0.2, 0.25) is 0 Å². The molecule has 108 valence electrons. The monoisotopic (exact) mass is 265 g/mol. The smallest absolute Gasteiger partial charge is 0.123 e. The van der Waals surface area contributed by atoms with Gasteiger partial charge >= 0.3 is 0 Å². The van der Waals surface area contributed by atoms with Gasteiger partial charge in [0.15, 0.2) is 0 Å². The molecule has 1 N–H and O–H groups in total. The summed E-state index contributed by atoms with van der Waals surface area (Å²) in [6, 6.07) is 8.38. The first-order chi connectivity index (χ1) is 9.15. The second kappa shape index (κ2) is 8.94. The van der Waals surface area contributed by atoms with Crippen molar-refractivity contribution in [3.63, 3.8) is 0 Å². The van der Waals surface area contributed by atoms with E-state index in [9.17, 15) is 0 Å². The van der Waals surface area contributed by atoms with Gasteiger partial charge in [0.05, 0.1) is 13.7 Å². The van der Waals surface area contributed by atoms with E-state index in [4.69, 9.17) is 9.47 Å². The quantitative estimate of drug-likeness (QED) is 0.694. The first-order valence-electron chi connectivity index (χ1n) is 7.09. The third-order valence-electron chi connectivity index (χ3n) is 3.14. The first kappa shape index (κ1) is 16.0. The molecule has 1 aromatic carbocycles. The van der Waals surface area contributed by atoms with Crippen molar-refractivity contribution in [3.8, 4) is 5.75 Å². The third kappa shape index (κ3) is 6.08. The van der Waals surface area contributed by atoms with Gasteiger partial charge in [0, 0.05) is 24.8 Å². The molecule has 0 aliphatic rings. The zero-order chi connectivity index (χ0) is 14.1. The summed E-state index contributed by atoms with van der Waals surface area (Å²) in [5, 5.41) is 3.46. The number of rotatable bonds is 9. The Morgan fingerprint density at radius 1 is 1.11 bits per heavy atom. The maximum atomic E-state index is 5.59. The fourth-order valence-corrected chi connectivity index (χ4v) is 1.90. The van der Waals surface area contributed by atoms with Crippen molar-refractivity contribution < 1.29 is 9.47 Å². The molecular formula is C16H27NO2. The van der Waals surface area contributed by atoms with Gasteiger partial charge < -0.3 is 14.8 Å². The summed E-state index contributed by atoms with van der Waals surface area (Å²) in [4.78, 5) is 0. The van der Waals surface area contributed by atoms with Crippen LogP contribution in [0.15, 0.2) is 24.3 Å². The number of hydrogen-bond donors (Lipinski definition) is 1. The second-order valence-electron chi connectivity index (χ2n) is 5.21. The zero-order valence-corrected chi connectivity index (χ0v) is 12.6. The van der Waals surface area contributed by atoms with E-state index >= 15 is 0 Å². The van der Waals surface area contributed by atoms with E-state index < -0.39 is 0 Å². The van der Waals surface area contributed by atoms with Crippen LogP contribution < -0.4 is 10.1 Å². The third-order valence-corrected chi connectivity index (χ3v) is 3.14. The molecule has 1 rings (SSSR count). The van der Waals surface area contributed by atoms with Crippen LogP contribution in [0, 0.1) is 5.92 Å². The second-order valence-corrected chi connectivity index (χ2v) is 5.21. The van der Waals surface area contributed by atoms with Crippen molar-refractivity contribution in [2.24, 2.45) is 5.92 Å². The van der Waals surface area contributed by atoms with Gasteiger partial charge in [-0.25, -0.2) is 0 Å². The van der Waals surface area contributed by atoms with Crippen LogP contribution in [0.5, 0.6) is 5.75 Å². The van der Waals surface area contributed by atoms with E-state index in [0.29, 0.717) is 5.92 Å². The van der Waals surface area contributed by atoms with Crippen molar-refractivity contribution in [3.05, 3.63) is 29.8 Å². The van der Waals surface area contributed by atoms with Gasteiger partial charge in [-0.2, -0.15) is 0 Å². The molecular weight excluding hydrogens is 238 g/mol. The lowest BCUT2D eigenvalue weighted by atomic mass is 10.1. The number of methoxy groups -OCH3 is 1. The Morgan fingerprint density at radius 3 is 2.53 bits per heavy atom. The standard InChI is InChI=1S/C16H27NO2/c1-13(2)9-11-19-12-10-17-14(3)15-7-5-6-8-16(15)18-4/h5-8,13-14,17H,9-12H2,1-4H3/t14-/m0/s1. The van der Waals surface area contributed by atoms with Crippen LogP contribution in [0.2, 0.25) is 0 Å². The van der Waals surface area contributed by atoms with Crippen LogP contribution in [0.4, 0.5) is 0 Å². The van der Waals surface area contributed by atoms with E-state index in [1.807, 2.05) is 18.2 Å². The number of hydrogen-bond acceptors (Lipinski definition) is 3. The number of para-hydroxylation sites is 1. The van der Waals surface area contributed by atoms with Crippen molar-refractivity contribution >= 4 is 0 Å². The molecule has 0 aliphatic heterocycles. The first-order valence-corrected chi connectivity index (χ1v) is 7.09. The maximum Gasteiger partial charge on any atom is 0.123 e. The molecule has 0 saturated heterocycles. The summed E-state index contributed by atoms with van der Waals surface area (Å²) in [5.41, 5.74) is 1.19. The SMILES string of the molecule is COc1ccccc1[C@H](C)NCCOCCC(C)C. The minimum absolute atomic E-state index is 0.268. The van der Waals surface area contributed by atoms with Gasteiger partial charge in [0.25, 0.3) is 0 Å². The summed E-state index contributed by atoms with van der Waals surface area (Å²) in [7, 11) is 1.71. The topological polar surface area (TPSA) is 30.5 Å². The fraction of sp³-hybridized carbons (Fsp3) is 0.625. The number of benzene rings is 1. The lowest BCUT2D eigenvalue weighted by Crippen LogP contribution is -2.24. The Hall–Kier alpha value is -1.06. The summed E-state index contributed by atoms with van der Waals surface area (Å²) in [6.45, 7) is 9.04. The van der Waals surface area contributed by atoms with Gasteiger partial charge in [0.1, 0.15) is 5.75 Å². The molecule has 1 aromatic rings. The minimum atomic E-state index is 0.268. The Kier molecular flexibility index (Phi) is 7.53. The number of nitrogens with one attached hydrogen (secondary N) is 1. The lowest BCUT2D eigenvalue weighted by molar-refractivity contribution is 0.123. The maximum absolute atomic E-state index is 5.59. The van der Waals surface area contributed by atoms with Crippen LogP contribution in [-0.4, -0.2) is 26.9 Å². The van der Waals surface area contributed by atoms with E-state index in [1.54, 1.807) is 7.11 Å². The Labute approximate surface area is 117 Å². The number of ether oxygens (including phenoxy) is 2. The Bertz CT molecular complexity index is 352. The van der Waals surface area contributed by atoms with Crippen LogP contribution in [-0.2, 0) is 4.74 Å². The normalized spacial score (nSPS) is 12.7. The van der Waals surface area contributed by atoms with Crippen LogP contribution in [0.3, 0.4) is 0 Å². The molecule has 0 spiro atoms. The molecule has 0 aliphatic carbocycles. The minimum Gasteiger partial charge on any atom is -0.496 e. The molecule has 0 fully saturated rings. The van der Waals surface area contributed by atoms with Gasteiger partial charge in [-0.1, -0.05) is 32.0 Å².